The van der Waals surface area contributed by atoms with Crippen LogP contribution < -0.4 is 10.1 Å². The molecule has 2 aromatic carbocycles. The van der Waals surface area contributed by atoms with Crippen LogP contribution in [0.1, 0.15) is 5.56 Å². The predicted molar refractivity (Wildman–Crippen MR) is 101 cm³/mol. The first-order valence-corrected chi connectivity index (χ1v) is 8.66. The molecule has 1 heterocycles. The lowest BCUT2D eigenvalue weighted by atomic mass is 10.2. The Morgan fingerprint density at radius 1 is 1.16 bits per heavy atom. The summed E-state index contributed by atoms with van der Waals surface area (Å²) in [5.41, 5.74) is 1.41. The lowest BCUT2D eigenvalue weighted by Gasteiger charge is -2.15. The maximum absolute atomic E-state index is 12.5. The summed E-state index contributed by atoms with van der Waals surface area (Å²) in [6.45, 7) is 0.0532. The molecule has 0 saturated carbocycles. The quantitative estimate of drug-likeness (QED) is 0.783. The molecule has 1 N–H and O–H groups in total. The summed E-state index contributed by atoms with van der Waals surface area (Å²) < 4.78 is 5.27. The van der Waals surface area contributed by atoms with E-state index in [9.17, 15) is 9.59 Å². The molecule has 2 amide bonds. The van der Waals surface area contributed by atoms with E-state index in [0.717, 1.165) is 22.2 Å². The number of hydrogen-bond acceptors (Lipinski definition) is 5. The second kappa shape index (κ2) is 7.63. The number of thioether (sulfide) groups is 1. The monoisotopic (exact) mass is 374 g/mol. The molecule has 0 radical (unpaired) electrons. The highest BCUT2D eigenvalue weighted by atomic mass is 35.5. The second-order valence-corrected chi connectivity index (χ2v) is 6.57. The van der Waals surface area contributed by atoms with Gasteiger partial charge in [-0.2, -0.15) is 0 Å². The molecule has 5 nitrogen and oxygen atoms in total. The number of nitrogens with zero attached hydrogens (tertiary/aromatic N) is 1. The first kappa shape index (κ1) is 17.4. The van der Waals surface area contributed by atoms with Gasteiger partial charge in [0.15, 0.2) is 0 Å². The zero-order valence-corrected chi connectivity index (χ0v) is 14.9. The van der Waals surface area contributed by atoms with Gasteiger partial charge in [-0.25, -0.2) is 0 Å². The summed E-state index contributed by atoms with van der Waals surface area (Å²) >= 11 is 6.98. The number of para-hydroxylation sites is 2. The molecule has 128 valence electrons. The number of carbonyl (C=O) groups excluding carboxylic acids is 2. The summed E-state index contributed by atoms with van der Waals surface area (Å²) in [6.07, 6.45) is 1.67. The molecule has 0 unspecified atom stereocenters. The molecule has 1 aliphatic heterocycles. The van der Waals surface area contributed by atoms with Crippen molar-refractivity contribution in [3.8, 4) is 5.75 Å². The van der Waals surface area contributed by atoms with Crippen LogP contribution in [-0.4, -0.2) is 29.8 Å². The van der Waals surface area contributed by atoms with Crippen molar-refractivity contribution in [2.75, 3.05) is 19.1 Å². The first-order valence-electron chi connectivity index (χ1n) is 7.47. The van der Waals surface area contributed by atoms with Crippen LogP contribution in [0.3, 0.4) is 0 Å². The molecule has 0 spiro atoms. The Kier molecular flexibility index (Phi) is 5.31. The number of hydrogen-bond donors (Lipinski definition) is 1. The number of ether oxygens (including phenoxy) is 1. The van der Waals surface area contributed by atoms with Crippen LogP contribution in [0.25, 0.3) is 6.08 Å². The molecule has 1 saturated heterocycles. The molecule has 0 aliphatic carbocycles. The summed E-state index contributed by atoms with van der Waals surface area (Å²) in [7, 11) is 1.56. The van der Waals surface area contributed by atoms with Crippen molar-refractivity contribution >= 4 is 46.3 Å². The zero-order valence-electron chi connectivity index (χ0n) is 13.4. The molecule has 1 fully saturated rings. The van der Waals surface area contributed by atoms with E-state index in [2.05, 4.69) is 5.32 Å². The largest absolute Gasteiger partial charge is 0.496 e. The number of methoxy groups -OCH3 is 1. The van der Waals surface area contributed by atoms with Crippen LogP contribution in [-0.2, 0) is 4.79 Å². The van der Waals surface area contributed by atoms with Crippen LogP contribution in [0.4, 0.5) is 10.5 Å². The van der Waals surface area contributed by atoms with E-state index in [4.69, 9.17) is 16.3 Å². The van der Waals surface area contributed by atoms with Crippen molar-refractivity contribution in [1.29, 1.82) is 0 Å². The van der Waals surface area contributed by atoms with E-state index in [1.165, 1.54) is 0 Å². The Morgan fingerprint density at radius 3 is 2.64 bits per heavy atom. The van der Waals surface area contributed by atoms with Crippen molar-refractivity contribution in [1.82, 2.24) is 4.90 Å². The number of carbonyl (C=O) groups is 2. The molecule has 3 rings (SSSR count). The van der Waals surface area contributed by atoms with Crippen LogP contribution in [0.5, 0.6) is 5.75 Å². The van der Waals surface area contributed by atoms with Gasteiger partial charge < -0.3 is 10.1 Å². The molecular formula is C18H15ClN2O3S. The van der Waals surface area contributed by atoms with Gasteiger partial charge in [0.2, 0.25) is 0 Å². The van der Waals surface area contributed by atoms with Crippen LogP contribution in [0.15, 0.2) is 53.4 Å². The molecule has 0 atom stereocenters. The summed E-state index contributed by atoms with van der Waals surface area (Å²) in [4.78, 5) is 26.2. The molecule has 25 heavy (non-hydrogen) atoms. The lowest BCUT2D eigenvalue weighted by molar-refractivity contribution is -0.122. The fraction of sp³-hybridized carbons (Fsp3) is 0.111. The minimum atomic E-state index is -0.347. The van der Waals surface area contributed by atoms with Crippen molar-refractivity contribution in [3.05, 3.63) is 64.0 Å². The number of anilines is 1. The summed E-state index contributed by atoms with van der Waals surface area (Å²) in [5.74, 6) is 0.295. The second-order valence-electron chi connectivity index (χ2n) is 5.17. The number of amides is 2. The highest BCUT2D eigenvalue weighted by Gasteiger charge is 2.35. The average Bonchev–Trinajstić information content (AvgIpc) is 2.88. The van der Waals surface area contributed by atoms with E-state index in [1.807, 2.05) is 30.3 Å². The summed E-state index contributed by atoms with van der Waals surface area (Å²) in [6, 6.07) is 14.5. The van der Waals surface area contributed by atoms with Crippen molar-refractivity contribution < 1.29 is 14.3 Å². The van der Waals surface area contributed by atoms with Crippen molar-refractivity contribution in [2.45, 2.75) is 0 Å². The summed E-state index contributed by atoms with van der Waals surface area (Å²) in [5, 5.41) is 3.21. The van der Waals surface area contributed by atoms with Crippen LogP contribution in [0, 0.1) is 0 Å². The number of benzene rings is 2. The molecule has 0 aromatic heterocycles. The van der Waals surface area contributed by atoms with Crippen LogP contribution in [0.2, 0.25) is 5.02 Å². The fourth-order valence-electron chi connectivity index (χ4n) is 2.33. The number of rotatable bonds is 5. The van der Waals surface area contributed by atoms with Gasteiger partial charge in [0, 0.05) is 5.56 Å². The Labute approximate surface area is 154 Å². The SMILES string of the molecule is COc1ccccc1/C=C1\SC(=O)N(CNc2ccccc2Cl)C1=O. The van der Waals surface area contributed by atoms with E-state index in [1.54, 1.807) is 31.4 Å². The first-order chi connectivity index (χ1) is 12.1. The number of nitrogens with one attached hydrogen (secondary N) is 1. The fourth-order valence-corrected chi connectivity index (χ4v) is 3.36. The maximum Gasteiger partial charge on any atom is 0.295 e. The van der Waals surface area contributed by atoms with Gasteiger partial charge in [-0.15, -0.1) is 0 Å². The van der Waals surface area contributed by atoms with E-state index in [-0.39, 0.29) is 17.8 Å². The average molecular weight is 375 g/mol. The Balaban J connectivity index is 1.76. The third kappa shape index (κ3) is 3.81. The molecule has 1 aliphatic rings. The highest BCUT2D eigenvalue weighted by Crippen LogP contribution is 2.34. The Bertz CT molecular complexity index is 854. The molecule has 2 aromatic rings. The maximum atomic E-state index is 12.5. The molecule has 7 heteroatoms. The Hall–Kier alpha value is -2.44. The van der Waals surface area contributed by atoms with Crippen molar-refractivity contribution in [2.24, 2.45) is 0 Å². The lowest BCUT2D eigenvalue weighted by Crippen LogP contribution is -2.33. The molecular weight excluding hydrogens is 360 g/mol. The third-order valence-electron chi connectivity index (χ3n) is 3.60. The van der Waals surface area contributed by atoms with E-state index in [0.29, 0.717) is 21.4 Å². The smallest absolute Gasteiger partial charge is 0.295 e. The van der Waals surface area contributed by atoms with Gasteiger partial charge in [0.1, 0.15) is 5.75 Å². The van der Waals surface area contributed by atoms with E-state index >= 15 is 0 Å². The number of halogens is 1. The highest BCUT2D eigenvalue weighted by molar-refractivity contribution is 8.18. The standard InChI is InChI=1S/C18H15ClN2O3S/c1-24-15-9-5-2-6-12(15)10-16-17(22)21(18(23)25-16)11-20-14-8-4-3-7-13(14)19/h2-10,20H,11H2,1H3/b16-10-. The third-order valence-corrected chi connectivity index (χ3v) is 4.84. The van der Waals surface area contributed by atoms with Gasteiger partial charge in [-0.3, -0.25) is 14.5 Å². The van der Waals surface area contributed by atoms with Gasteiger partial charge in [-0.1, -0.05) is 41.9 Å². The number of imide groups is 1. The predicted octanol–water partition coefficient (Wildman–Crippen LogP) is 4.45. The minimum absolute atomic E-state index is 0.0532. The minimum Gasteiger partial charge on any atom is -0.496 e. The van der Waals surface area contributed by atoms with Crippen LogP contribution >= 0.6 is 23.4 Å². The normalized spacial score (nSPS) is 15.8. The molecule has 0 bridgehead atoms. The zero-order chi connectivity index (χ0) is 17.8. The van der Waals surface area contributed by atoms with Crippen molar-refractivity contribution in [3.63, 3.8) is 0 Å². The van der Waals surface area contributed by atoms with Gasteiger partial charge in [0.25, 0.3) is 11.1 Å². The van der Waals surface area contributed by atoms with Gasteiger partial charge in [-0.05, 0) is 36.0 Å². The Morgan fingerprint density at radius 2 is 1.88 bits per heavy atom. The van der Waals surface area contributed by atoms with Gasteiger partial charge >= 0.3 is 0 Å². The topological polar surface area (TPSA) is 58.6 Å². The van der Waals surface area contributed by atoms with Gasteiger partial charge in [0.05, 0.1) is 29.4 Å². The van der Waals surface area contributed by atoms with E-state index < -0.39 is 0 Å².